The summed E-state index contributed by atoms with van der Waals surface area (Å²) in [5.74, 6) is 1.44. The van der Waals surface area contributed by atoms with E-state index in [0.29, 0.717) is 12.0 Å². The van der Waals surface area contributed by atoms with Gasteiger partial charge in [-0.15, -0.1) is 0 Å². The summed E-state index contributed by atoms with van der Waals surface area (Å²) < 4.78 is 5.98. The first-order valence-electron chi connectivity index (χ1n) is 6.37. The Kier molecular flexibility index (Phi) is 1.91. The molecule has 2 atom stereocenters. The molecule has 2 heterocycles. The van der Waals surface area contributed by atoms with Gasteiger partial charge >= 0.3 is 0 Å². The van der Waals surface area contributed by atoms with Gasteiger partial charge in [0.05, 0.1) is 12.7 Å². The quantitative estimate of drug-likeness (QED) is 0.775. The van der Waals surface area contributed by atoms with Crippen molar-refractivity contribution < 1.29 is 4.74 Å². The number of fused-ring (bicyclic) bond motifs is 3. The molecule has 1 aromatic carbocycles. The highest BCUT2D eigenvalue weighted by molar-refractivity contribution is 5.43. The van der Waals surface area contributed by atoms with Crippen molar-refractivity contribution >= 4 is 0 Å². The van der Waals surface area contributed by atoms with Gasteiger partial charge in [0.2, 0.25) is 0 Å². The van der Waals surface area contributed by atoms with Crippen LogP contribution in [0.1, 0.15) is 41.4 Å². The molecule has 3 aliphatic rings. The Morgan fingerprint density at radius 2 is 2.00 bits per heavy atom. The lowest BCUT2D eigenvalue weighted by atomic mass is 9.86. The predicted molar refractivity (Wildman–Crippen MR) is 62.6 cm³/mol. The van der Waals surface area contributed by atoms with E-state index in [1.165, 1.54) is 18.4 Å². The molecule has 4 rings (SSSR count). The van der Waals surface area contributed by atoms with E-state index in [-0.39, 0.29) is 0 Å². The summed E-state index contributed by atoms with van der Waals surface area (Å²) >= 11 is 0. The van der Waals surface area contributed by atoms with Crippen LogP contribution in [-0.4, -0.2) is 19.2 Å². The van der Waals surface area contributed by atoms with E-state index in [1.807, 2.05) is 0 Å². The minimum Gasteiger partial charge on any atom is -0.372 e. The molecule has 16 heavy (non-hydrogen) atoms. The number of hydrogen-bond acceptors (Lipinski definition) is 2. The first-order chi connectivity index (χ1) is 7.93. The fourth-order valence-electron chi connectivity index (χ4n) is 3.24. The molecule has 0 spiro atoms. The van der Waals surface area contributed by atoms with Crippen LogP contribution in [0, 0.1) is 0 Å². The number of hydrogen-bond donors (Lipinski definition) is 1. The number of ether oxygens (including phenoxy) is 1. The number of rotatable bonds is 1. The second-order valence-corrected chi connectivity index (χ2v) is 5.30. The fourth-order valence-corrected chi connectivity index (χ4v) is 3.24. The van der Waals surface area contributed by atoms with Crippen LogP contribution in [-0.2, 0) is 11.3 Å². The van der Waals surface area contributed by atoms with Crippen LogP contribution in [0.3, 0.4) is 0 Å². The third-order valence-electron chi connectivity index (χ3n) is 4.27. The van der Waals surface area contributed by atoms with Gasteiger partial charge in [0, 0.05) is 19.0 Å². The van der Waals surface area contributed by atoms with Crippen LogP contribution in [0.15, 0.2) is 18.2 Å². The van der Waals surface area contributed by atoms with Gasteiger partial charge in [-0.1, -0.05) is 18.2 Å². The molecule has 1 saturated heterocycles. The van der Waals surface area contributed by atoms with Crippen molar-refractivity contribution in [3.8, 4) is 0 Å². The molecule has 84 valence electrons. The Bertz CT molecular complexity index is 425. The van der Waals surface area contributed by atoms with Gasteiger partial charge in [-0.05, 0) is 35.4 Å². The zero-order chi connectivity index (χ0) is 10.5. The summed E-state index contributed by atoms with van der Waals surface area (Å²) in [5, 5.41) is 3.44. The summed E-state index contributed by atoms with van der Waals surface area (Å²) in [5.41, 5.74) is 4.64. The highest BCUT2D eigenvalue weighted by Gasteiger charge is 2.37. The monoisotopic (exact) mass is 215 g/mol. The zero-order valence-electron chi connectivity index (χ0n) is 9.41. The van der Waals surface area contributed by atoms with E-state index >= 15 is 0 Å². The van der Waals surface area contributed by atoms with E-state index in [2.05, 4.69) is 23.5 Å². The molecule has 0 aromatic heterocycles. The van der Waals surface area contributed by atoms with E-state index < -0.39 is 0 Å². The molecule has 2 nitrogen and oxygen atoms in total. The first-order valence-corrected chi connectivity index (χ1v) is 6.37. The Hall–Kier alpha value is -0.860. The van der Waals surface area contributed by atoms with Crippen molar-refractivity contribution in [2.75, 3.05) is 13.1 Å². The van der Waals surface area contributed by atoms with Gasteiger partial charge in [-0.2, -0.15) is 0 Å². The van der Waals surface area contributed by atoms with Crippen molar-refractivity contribution in [3.63, 3.8) is 0 Å². The van der Waals surface area contributed by atoms with Crippen molar-refractivity contribution in [1.29, 1.82) is 0 Å². The molecule has 2 fully saturated rings. The molecule has 2 aliphatic heterocycles. The molecule has 0 bridgehead atoms. The Morgan fingerprint density at radius 1 is 1.12 bits per heavy atom. The van der Waals surface area contributed by atoms with Crippen LogP contribution in [0.2, 0.25) is 0 Å². The summed E-state index contributed by atoms with van der Waals surface area (Å²) in [6.07, 6.45) is 3.17. The molecular weight excluding hydrogens is 198 g/mol. The molecular formula is C14H17NO. The van der Waals surface area contributed by atoms with Crippen molar-refractivity contribution in [2.45, 2.75) is 37.4 Å². The van der Waals surface area contributed by atoms with Crippen molar-refractivity contribution in [3.05, 3.63) is 34.9 Å². The van der Waals surface area contributed by atoms with Crippen LogP contribution in [0.25, 0.3) is 0 Å². The van der Waals surface area contributed by atoms with Gasteiger partial charge in [0.1, 0.15) is 0 Å². The van der Waals surface area contributed by atoms with Crippen LogP contribution < -0.4 is 5.32 Å². The summed E-state index contributed by atoms with van der Waals surface area (Å²) in [6, 6.07) is 6.87. The number of nitrogens with one attached hydrogen (secondary N) is 1. The van der Waals surface area contributed by atoms with Gasteiger partial charge in [0.15, 0.2) is 0 Å². The fraction of sp³-hybridized carbons (Fsp3) is 0.571. The minimum absolute atomic E-state index is 0.418. The standard InChI is InChI=1S/C14H17NO/c1-2-10(9-4-5-9)13-8-16-14-7-15-6-12(14)11(13)3-1/h1-3,9,12,14-15H,4-8H2. The van der Waals surface area contributed by atoms with Gasteiger partial charge in [0.25, 0.3) is 0 Å². The van der Waals surface area contributed by atoms with Crippen LogP contribution in [0.5, 0.6) is 0 Å². The predicted octanol–water partition coefficient (Wildman–Crippen LogP) is 2.15. The van der Waals surface area contributed by atoms with Crippen molar-refractivity contribution in [1.82, 2.24) is 5.32 Å². The Balaban J connectivity index is 1.82. The van der Waals surface area contributed by atoms with Crippen LogP contribution >= 0.6 is 0 Å². The number of benzene rings is 1. The molecule has 1 N–H and O–H groups in total. The maximum atomic E-state index is 5.98. The topological polar surface area (TPSA) is 21.3 Å². The van der Waals surface area contributed by atoms with E-state index in [4.69, 9.17) is 4.74 Å². The smallest absolute Gasteiger partial charge is 0.0784 e. The lowest BCUT2D eigenvalue weighted by Gasteiger charge is -2.29. The molecule has 0 radical (unpaired) electrons. The molecule has 1 aromatic rings. The van der Waals surface area contributed by atoms with Gasteiger partial charge < -0.3 is 10.1 Å². The second kappa shape index (κ2) is 3.31. The second-order valence-electron chi connectivity index (χ2n) is 5.30. The highest BCUT2D eigenvalue weighted by atomic mass is 16.5. The van der Waals surface area contributed by atoms with E-state index in [1.54, 1.807) is 11.1 Å². The normalized spacial score (nSPS) is 32.2. The van der Waals surface area contributed by atoms with Crippen molar-refractivity contribution in [2.24, 2.45) is 0 Å². The largest absolute Gasteiger partial charge is 0.372 e. The van der Waals surface area contributed by atoms with Gasteiger partial charge in [-0.25, -0.2) is 0 Å². The third kappa shape index (κ3) is 1.26. The highest BCUT2D eigenvalue weighted by Crippen LogP contribution is 2.45. The average Bonchev–Trinajstić information content (AvgIpc) is 3.05. The molecule has 2 heteroatoms. The molecule has 1 saturated carbocycles. The van der Waals surface area contributed by atoms with Crippen LogP contribution in [0.4, 0.5) is 0 Å². The summed E-state index contributed by atoms with van der Waals surface area (Å²) in [6.45, 7) is 2.95. The van der Waals surface area contributed by atoms with E-state index in [9.17, 15) is 0 Å². The van der Waals surface area contributed by atoms with Gasteiger partial charge in [-0.3, -0.25) is 0 Å². The Labute approximate surface area is 96.0 Å². The summed E-state index contributed by atoms with van der Waals surface area (Å²) in [7, 11) is 0. The van der Waals surface area contributed by atoms with E-state index in [0.717, 1.165) is 25.6 Å². The lowest BCUT2D eigenvalue weighted by molar-refractivity contribution is 0.0294. The average molecular weight is 215 g/mol. The maximum Gasteiger partial charge on any atom is 0.0784 e. The zero-order valence-corrected chi connectivity index (χ0v) is 9.41. The minimum atomic E-state index is 0.418. The summed E-state index contributed by atoms with van der Waals surface area (Å²) in [4.78, 5) is 0. The lowest BCUT2D eigenvalue weighted by Crippen LogP contribution is -2.27. The first kappa shape index (κ1) is 9.20. The Morgan fingerprint density at radius 3 is 2.88 bits per heavy atom. The third-order valence-corrected chi connectivity index (χ3v) is 4.27. The molecule has 0 amide bonds. The molecule has 1 aliphatic carbocycles. The maximum absolute atomic E-state index is 5.98. The molecule has 2 unspecified atom stereocenters. The SMILES string of the molecule is c1cc(C2CC2)c2c(c1)C1CNCC1OC2.